The molecule has 0 aliphatic rings. The third kappa shape index (κ3) is 3.96. The molecular weight excluding hydrogens is 332 g/mol. The minimum absolute atomic E-state index is 0.241. The van der Waals surface area contributed by atoms with Gasteiger partial charge in [0.1, 0.15) is 5.75 Å². The summed E-state index contributed by atoms with van der Waals surface area (Å²) < 4.78 is 21.7. The van der Waals surface area contributed by atoms with Crippen molar-refractivity contribution in [1.29, 1.82) is 0 Å². The summed E-state index contributed by atoms with van der Waals surface area (Å²) in [5, 5.41) is 4.03. The molecule has 26 heavy (non-hydrogen) atoms. The van der Waals surface area contributed by atoms with Gasteiger partial charge in [-0.1, -0.05) is 29.4 Å². The number of methoxy groups -OCH3 is 2. The van der Waals surface area contributed by atoms with Crippen LogP contribution in [-0.2, 0) is 13.0 Å². The van der Waals surface area contributed by atoms with Crippen LogP contribution in [0.25, 0.3) is 0 Å². The van der Waals surface area contributed by atoms with Gasteiger partial charge < -0.3 is 18.7 Å². The molecule has 6 nitrogen and oxygen atoms in total. The quantitative estimate of drug-likeness (QED) is 0.642. The first-order valence-electron chi connectivity index (χ1n) is 8.32. The molecule has 0 bridgehead atoms. The third-order valence-corrected chi connectivity index (χ3v) is 4.07. The lowest BCUT2D eigenvalue weighted by molar-refractivity contribution is 0.240. The Morgan fingerprint density at radius 3 is 2.38 bits per heavy atom. The van der Waals surface area contributed by atoms with Gasteiger partial charge in [-0.25, -0.2) is 0 Å². The van der Waals surface area contributed by atoms with Crippen molar-refractivity contribution in [1.82, 2.24) is 10.1 Å². The highest BCUT2D eigenvalue weighted by Crippen LogP contribution is 2.28. The summed E-state index contributed by atoms with van der Waals surface area (Å²) in [7, 11) is 3.22. The minimum Gasteiger partial charge on any atom is -0.493 e. The molecule has 6 heteroatoms. The Kier molecular flexibility index (Phi) is 5.41. The van der Waals surface area contributed by atoms with Crippen LogP contribution >= 0.6 is 0 Å². The van der Waals surface area contributed by atoms with Gasteiger partial charge >= 0.3 is 0 Å². The summed E-state index contributed by atoms with van der Waals surface area (Å²) in [6.45, 7) is 4.27. The molecule has 0 amide bonds. The fourth-order valence-corrected chi connectivity index (χ4v) is 2.75. The van der Waals surface area contributed by atoms with Crippen LogP contribution in [0, 0.1) is 13.8 Å². The normalized spacial score (nSPS) is 10.6. The van der Waals surface area contributed by atoms with Crippen molar-refractivity contribution < 1.29 is 18.7 Å². The molecule has 0 aliphatic carbocycles. The molecule has 3 rings (SSSR count). The van der Waals surface area contributed by atoms with Gasteiger partial charge in [0.2, 0.25) is 0 Å². The molecule has 0 aliphatic heterocycles. The summed E-state index contributed by atoms with van der Waals surface area (Å²) in [6, 6.07) is 11.7. The first-order valence-corrected chi connectivity index (χ1v) is 8.32. The fourth-order valence-electron chi connectivity index (χ4n) is 2.75. The number of aryl methyl sites for hydroxylation is 2. The predicted octanol–water partition coefficient (Wildman–Crippen LogP) is 3.87. The summed E-state index contributed by atoms with van der Waals surface area (Å²) in [6.07, 6.45) is 0.535. The zero-order valence-corrected chi connectivity index (χ0v) is 15.4. The number of benzene rings is 2. The summed E-state index contributed by atoms with van der Waals surface area (Å²) in [4.78, 5) is 4.40. The van der Waals surface area contributed by atoms with Gasteiger partial charge in [-0.15, -0.1) is 0 Å². The van der Waals surface area contributed by atoms with Gasteiger partial charge in [-0.05, 0) is 42.7 Å². The Morgan fingerprint density at radius 2 is 1.69 bits per heavy atom. The van der Waals surface area contributed by atoms with E-state index in [0.29, 0.717) is 29.6 Å². The Labute approximate surface area is 152 Å². The summed E-state index contributed by atoms with van der Waals surface area (Å²) >= 11 is 0. The van der Waals surface area contributed by atoms with E-state index in [1.807, 2.05) is 50.2 Å². The molecule has 3 aromatic rings. The number of hydrogen-bond donors (Lipinski definition) is 0. The summed E-state index contributed by atoms with van der Waals surface area (Å²) in [5.74, 6) is 3.26. The van der Waals surface area contributed by atoms with E-state index in [2.05, 4.69) is 10.1 Å². The van der Waals surface area contributed by atoms with E-state index >= 15 is 0 Å². The fraction of sp³-hybridized carbons (Fsp3) is 0.300. The van der Waals surface area contributed by atoms with Gasteiger partial charge in [0.25, 0.3) is 5.89 Å². The molecule has 0 spiro atoms. The van der Waals surface area contributed by atoms with Crippen molar-refractivity contribution in [3.8, 4) is 17.2 Å². The number of hydrogen-bond acceptors (Lipinski definition) is 6. The highest BCUT2D eigenvalue weighted by atomic mass is 16.5. The second-order valence-corrected chi connectivity index (χ2v) is 5.98. The van der Waals surface area contributed by atoms with Crippen LogP contribution in [0.15, 0.2) is 40.9 Å². The molecule has 0 unspecified atom stereocenters. The molecule has 0 saturated carbocycles. The van der Waals surface area contributed by atoms with Crippen LogP contribution in [0.3, 0.4) is 0 Å². The zero-order valence-electron chi connectivity index (χ0n) is 15.4. The molecule has 2 aromatic carbocycles. The van der Waals surface area contributed by atoms with Crippen molar-refractivity contribution >= 4 is 0 Å². The van der Waals surface area contributed by atoms with Crippen LogP contribution < -0.4 is 14.2 Å². The Bertz CT molecular complexity index is 869. The minimum atomic E-state index is 0.241. The van der Waals surface area contributed by atoms with E-state index in [4.69, 9.17) is 18.7 Å². The van der Waals surface area contributed by atoms with Gasteiger partial charge in [-0.2, -0.15) is 4.98 Å². The maximum Gasteiger partial charge on any atom is 0.264 e. The number of para-hydroxylation sites is 1. The van der Waals surface area contributed by atoms with E-state index in [1.165, 1.54) is 0 Å². The monoisotopic (exact) mass is 354 g/mol. The first-order chi connectivity index (χ1) is 12.6. The number of rotatable bonds is 7. The first kappa shape index (κ1) is 17.8. The van der Waals surface area contributed by atoms with Crippen LogP contribution in [0.4, 0.5) is 0 Å². The lowest BCUT2D eigenvalue weighted by Crippen LogP contribution is -2.00. The Hall–Kier alpha value is -3.02. The Morgan fingerprint density at radius 1 is 0.962 bits per heavy atom. The lowest BCUT2D eigenvalue weighted by Gasteiger charge is -2.09. The highest BCUT2D eigenvalue weighted by Gasteiger charge is 2.11. The third-order valence-electron chi connectivity index (χ3n) is 4.07. The maximum atomic E-state index is 5.85. The van der Waals surface area contributed by atoms with Gasteiger partial charge in [0, 0.05) is 6.42 Å². The smallest absolute Gasteiger partial charge is 0.264 e. The van der Waals surface area contributed by atoms with Crippen LogP contribution in [0.1, 0.15) is 28.4 Å². The molecule has 0 saturated heterocycles. The molecule has 136 valence electrons. The van der Waals surface area contributed by atoms with Gasteiger partial charge in [-0.3, -0.25) is 0 Å². The largest absolute Gasteiger partial charge is 0.493 e. The van der Waals surface area contributed by atoms with Gasteiger partial charge in [0.05, 0.1) is 14.2 Å². The predicted molar refractivity (Wildman–Crippen MR) is 96.9 cm³/mol. The molecular formula is C20H22N2O4. The highest BCUT2D eigenvalue weighted by molar-refractivity contribution is 5.43. The van der Waals surface area contributed by atoms with Crippen molar-refractivity contribution in [2.24, 2.45) is 0 Å². The second kappa shape index (κ2) is 7.91. The Balaban J connectivity index is 1.67. The van der Waals surface area contributed by atoms with Crippen molar-refractivity contribution in [2.75, 3.05) is 14.2 Å². The molecule has 0 radical (unpaired) electrons. The van der Waals surface area contributed by atoms with Crippen molar-refractivity contribution in [3.05, 3.63) is 64.8 Å². The van der Waals surface area contributed by atoms with Crippen LogP contribution in [0.2, 0.25) is 0 Å². The average molecular weight is 354 g/mol. The number of aromatic nitrogens is 2. The van der Waals surface area contributed by atoms with Gasteiger partial charge in [0.15, 0.2) is 23.9 Å². The standard InChI is InChI=1S/C20H22N2O4/c1-13-6-5-7-14(2)20(13)25-12-19-21-18(22-26-19)11-15-8-9-16(23-3)17(10-15)24-4/h5-10H,11-12H2,1-4H3. The average Bonchev–Trinajstić information content (AvgIpc) is 3.08. The lowest BCUT2D eigenvalue weighted by atomic mass is 10.1. The molecule has 0 fully saturated rings. The summed E-state index contributed by atoms with van der Waals surface area (Å²) in [5.41, 5.74) is 3.16. The molecule has 0 N–H and O–H groups in total. The van der Waals surface area contributed by atoms with Crippen molar-refractivity contribution in [3.63, 3.8) is 0 Å². The van der Waals surface area contributed by atoms with E-state index < -0.39 is 0 Å². The topological polar surface area (TPSA) is 66.6 Å². The maximum absolute atomic E-state index is 5.85. The second-order valence-electron chi connectivity index (χ2n) is 5.98. The number of ether oxygens (including phenoxy) is 3. The van der Waals surface area contributed by atoms with E-state index in [1.54, 1.807) is 14.2 Å². The zero-order chi connectivity index (χ0) is 18.5. The molecule has 1 aromatic heterocycles. The van der Waals surface area contributed by atoms with E-state index in [0.717, 1.165) is 22.4 Å². The molecule has 1 heterocycles. The van der Waals surface area contributed by atoms with Crippen LogP contribution in [0.5, 0.6) is 17.2 Å². The van der Waals surface area contributed by atoms with E-state index in [9.17, 15) is 0 Å². The van der Waals surface area contributed by atoms with E-state index in [-0.39, 0.29) is 6.61 Å². The number of nitrogens with zero attached hydrogens (tertiary/aromatic N) is 2. The van der Waals surface area contributed by atoms with Crippen molar-refractivity contribution in [2.45, 2.75) is 26.9 Å². The van der Waals surface area contributed by atoms with Crippen LogP contribution in [-0.4, -0.2) is 24.4 Å². The SMILES string of the molecule is COc1ccc(Cc2noc(COc3c(C)cccc3C)n2)cc1OC. The molecule has 0 atom stereocenters.